The number of hydrazine groups is 1. The van der Waals surface area contributed by atoms with Crippen molar-refractivity contribution >= 4 is 12.0 Å². The molecule has 0 heterocycles. The van der Waals surface area contributed by atoms with Crippen molar-refractivity contribution in [1.82, 2.24) is 15.3 Å². The Morgan fingerprint density at radius 3 is 1.59 bits per heavy atom. The molecule has 32 heavy (non-hydrogen) atoms. The Balaban J connectivity index is 1.76. The molecule has 3 rings (SSSR count). The number of esters is 1. The zero-order valence-electron chi connectivity index (χ0n) is 18.3. The van der Waals surface area contributed by atoms with Gasteiger partial charge in [0.2, 0.25) is 0 Å². The van der Waals surface area contributed by atoms with Gasteiger partial charge in [-0.05, 0) is 23.6 Å². The lowest BCUT2D eigenvalue weighted by Crippen LogP contribution is -2.49. The third-order valence-corrected chi connectivity index (χ3v) is 4.82. The molecule has 0 aliphatic heterocycles. The summed E-state index contributed by atoms with van der Waals surface area (Å²) >= 11 is 0. The number of benzene rings is 3. The first-order valence-electron chi connectivity index (χ1n) is 10.7. The Hall–Kier alpha value is -3.64. The molecule has 0 aliphatic rings. The van der Waals surface area contributed by atoms with E-state index in [4.69, 9.17) is 4.74 Å². The van der Waals surface area contributed by atoms with Crippen molar-refractivity contribution in [3.8, 4) is 0 Å². The van der Waals surface area contributed by atoms with E-state index in [1.165, 1.54) is 4.90 Å². The second kappa shape index (κ2) is 12.3. The third-order valence-electron chi connectivity index (χ3n) is 4.82. The van der Waals surface area contributed by atoms with Gasteiger partial charge in [0, 0.05) is 19.6 Å². The number of amides is 2. The van der Waals surface area contributed by atoms with E-state index in [1.54, 1.807) is 6.92 Å². The predicted molar refractivity (Wildman–Crippen MR) is 124 cm³/mol. The van der Waals surface area contributed by atoms with Crippen LogP contribution in [0.25, 0.3) is 0 Å². The first-order valence-corrected chi connectivity index (χ1v) is 10.7. The maximum Gasteiger partial charge on any atom is 0.332 e. The average molecular weight is 432 g/mol. The van der Waals surface area contributed by atoms with Crippen molar-refractivity contribution in [3.05, 3.63) is 108 Å². The molecule has 0 spiro atoms. The highest BCUT2D eigenvalue weighted by Crippen LogP contribution is 2.10. The van der Waals surface area contributed by atoms with Crippen molar-refractivity contribution < 1.29 is 14.3 Å². The van der Waals surface area contributed by atoms with Crippen LogP contribution in [-0.4, -0.2) is 35.1 Å². The number of nitrogens with zero attached hydrogens (tertiary/aromatic N) is 2. The van der Waals surface area contributed by atoms with Crippen molar-refractivity contribution in [2.75, 3.05) is 13.2 Å². The highest BCUT2D eigenvalue weighted by Gasteiger charge is 2.21. The van der Waals surface area contributed by atoms with Crippen LogP contribution < -0.4 is 5.43 Å². The molecule has 0 atom stereocenters. The number of urea groups is 1. The Bertz CT molecular complexity index is 924. The lowest BCUT2D eigenvalue weighted by Gasteiger charge is -2.28. The number of hydrogen-bond donors (Lipinski definition) is 1. The number of ether oxygens (including phenoxy) is 1. The van der Waals surface area contributed by atoms with Crippen LogP contribution in [0.4, 0.5) is 4.79 Å². The molecular weight excluding hydrogens is 402 g/mol. The molecule has 6 heteroatoms. The molecule has 166 valence electrons. The van der Waals surface area contributed by atoms with Crippen molar-refractivity contribution in [3.63, 3.8) is 0 Å². The molecule has 0 aliphatic carbocycles. The quantitative estimate of drug-likeness (QED) is 0.382. The first-order chi connectivity index (χ1) is 15.6. The second-order valence-corrected chi connectivity index (χ2v) is 7.39. The Morgan fingerprint density at radius 2 is 1.16 bits per heavy atom. The summed E-state index contributed by atoms with van der Waals surface area (Å²) in [5.74, 6) is -0.434. The molecule has 6 nitrogen and oxygen atoms in total. The Morgan fingerprint density at radius 1 is 0.719 bits per heavy atom. The smallest absolute Gasteiger partial charge is 0.332 e. The summed E-state index contributed by atoms with van der Waals surface area (Å²) in [6.45, 7) is 3.25. The minimum atomic E-state index is -0.434. The molecule has 0 unspecified atom stereocenters. The van der Waals surface area contributed by atoms with Gasteiger partial charge < -0.3 is 9.64 Å². The number of rotatable bonds is 10. The SMILES string of the molecule is CCOC(=O)CN(Cc1ccccc1)C(=O)NN(Cc1ccccc1)Cc1ccccc1. The molecule has 0 saturated heterocycles. The van der Waals surface area contributed by atoms with Gasteiger partial charge in [-0.15, -0.1) is 0 Å². The van der Waals surface area contributed by atoms with Gasteiger partial charge in [0.05, 0.1) is 6.61 Å². The Labute approximate surface area is 189 Å². The topological polar surface area (TPSA) is 61.9 Å². The van der Waals surface area contributed by atoms with Gasteiger partial charge in [0.15, 0.2) is 0 Å². The molecule has 2 amide bonds. The van der Waals surface area contributed by atoms with Crippen molar-refractivity contribution in [1.29, 1.82) is 0 Å². The van der Waals surface area contributed by atoms with Gasteiger partial charge in [0.1, 0.15) is 6.54 Å². The van der Waals surface area contributed by atoms with E-state index in [1.807, 2.05) is 96.0 Å². The summed E-state index contributed by atoms with van der Waals surface area (Å²) in [6, 6.07) is 29.1. The molecule has 0 fully saturated rings. The molecular formula is C26H29N3O3. The molecule has 3 aromatic carbocycles. The van der Waals surface area contributed by atoms with E-state index < -0.39 is 5.97 Å². The summed E-state index contributed by atoms with van der Waals surface area (Å²) in [4.78, 5) is 26.9. The Kier molecular flexibility index (Phi) is 8.83. The van der Waals surface area contributed by atoms with Gasteiger partial charge >= 0.3 is 12.0 Å². The van der Waals surface area contributed by atoms with Gasteiger partial charge in [-0.25, -0.2) is 9.80 Å². The van der Waals surface area contributed by atoms with Gasteiger partial charge in [-0.2, -0.15) is 0 Å². The summed E-state index contributed by atoms with van der Waals surface area (Å²) in [6.07, 6.45) is 0. The minimum Gasteiger partial charge on any atom is -0.465 e. The fourth-order valence-electron chi connectivity index (χ4n) is 3.31. The van der Waals surface area contributed by atoms with E-state index in [0.29, 0.717) is 19.6 Å². The van der Waals surface area contributed by atoms with E-state index in [2.05, 4.69) is 5.43 Å². The van der Waals surface area contributed by atoms with E-state index >= 15 is 0 Å². The molecule has 1 N–H and O–H groups in total. The van der Waals surface area contributed by atoms with Crippen LogP contribution >= 0.6 is 0 Å². The van der Waals surface area contributed by atoms with Crippen LogP contribution in [0.15, 0.2) is 91.0 Å². The number of nitrogens with one attached hydrogen (secondary N) is 1. The van der Waals surface area contributed by atoms with E-state index in [0.717, 1.165) is 16.7 Å². The number of carbonyl (C=O) groups is 2. The molecule has 0 aromatic heterocycles. The predicted octanol–water partition coefficient (Wildman–Crippen LogP) is 4.38. The summed E-state index contributed by atoms with van der Waals surface area (Å²) < 4.78 is 5.08. The number of hydrogen-bond acceptors (Lipinski definition) is 4. The monoisotopic (exact) mass is 431 g/mol. The lowest BCUT2D eigenvalue weighted by molar-refractivity contribution is -0.143. The maximum absolute atomic E-state index is 13.2. The van der Waals surface area contributed by atoms with Gasteiger partial charge in [-0.1, -0.05) is 91.0 Å². The first kappa shape index (κ1) is 23.0. The third kappa shape index (κ3) is 7.56. The zero-order chi connectivity index (χ0) is 22.6. The largest absolute Gasteiger partial charge is 0.465 e. The maximum atomic E-state index is 13.2. The molecule has 0 radical (unpaired) electrons. The lowest BCUT2D eigenvalue weighted by atomic mass is 10.2. The normalized spacial score (nSPS) is 10.6. The molecule has 3 aromatic rings. The highest BCUT2D eigenvalue weighted by molar-refractivity contribution is 5.80. The van der Waals surface area contributed by atoms with Crippen LogP contribution in [0.2, 0.25) is 0 Å². The van der Waals surface area contributed by atoms with Crippen LogP contribution in [0.5, 0.6) is 0 Å². The summed E-state index contributed by atoms with van der Waals surface area (Å²) in [5.41, 5.74) is 6.07. The average Bonchev–Trinajstić information content (AvgIpc) is 2.81. The van der Waals surface area contributed by atoms with Gasteiger partial charge in [0.25, 0.3) is 0 Å². The minimum absolute atomic E-state index is 0.126. The summed E-state index contributed by atoms with van der Waals surface area (Å²) in [5, 5.41) is 1.86. The van der Waals surface area contributed by atoms with Crippen molar-refractivity contribution in [2.45, 2.75) is 26.6 Å². The zero-order valence-corrected chi connectivity index (χ0v) is 18.3. The van der Waals surface area contributed by atoms with Crippen LogP contribution in [0.3, 0.4) is 0 Å². The fourth-order valence-corrected chi connectivity index (χ4v) is 3.31. The number of carbonyl (C=O) groups excluding carboxylic acids is 2. The highest BCUT2D eigenvalue weighted by atomic mass is 16.5. The fraction of sp³-hybridized carbons (Fsp3) is 0.231. The second-order valence-electron chi connectivity index (χ2n) is 7.39. The van der Waals surface area contributed by atoms with Gasteiger partial charge in [-0.3, -0.25) is 10.2 Å². The molecule has 0 saturated carbocycles. The van der Waals surface area contributed by atoms with E-state index in [-0.39, 0.29) is 19.2 Å². The van der Waals surface area contributed by atoms with Crippen molar-refractivity contribution in [2.24, 2.45) is 0 Å². The van der Waals surface area contributed by atoms with E-state index in [9.17, 15) is 9.59 Å². The van der Waals surface area contributed by atoms with Crippen LogP contribution in [0.1, 0.15) is 23.6 Å². The summed E-state index contributed by atoms with van der Waals surface area (Å²) in [7, 11) is 0. The standard InChI is InChI=1S/C26H29N3O3/c1-2-32-25(30)21-28(18-22-12-6-3-7-13-22)26(31)27-29(19-23-14-8-4-9-15-23)20-24-16-10-5-11-17-24/h3-17H,2,18-21H2,1H3,(H,27,31). The molecule has 0 bridgehead atoms. The van der Waals surface area contributed by atoms with Crippen LogP contribution in [0, 0.1) is 0 Å². The van der Waals surface area contributed by atoms with Crippen LogP contribution in [-0.2, 0) is 29.2 Å².